The molecule has 0 fully saturated rings. The molecular formula is C44H34N2. The monoisotopic (exact) mass is 590 g/mol. The van der Waals surface area contributed by atoms with Gasteiger partial charge in [-0.05, 0) is 95.4 Å². The fourth-order valence-electron chi connectivity index (χ4n) is 7.51. The van der Waals surface area contributed by atoms with Crippen molar-refractivity contribution >= 4 is 64.9 Å². The zero-order valence-corrected chi connectivity index (χ0v) is 26.6. The van der Waals surface area contributed by atoms with Crippen LogP contribution in [0.15, 0.2) is 121 Å². The molecule has 2 aromatic heterocycles. The highest BCUT2D eigenvalue weighted by Crippen LogP contribution is 2.44. The summed E-state index contributed by atoms with van der Waals surface area (Å²) in [6, 6.07) is 45.0. The third-order valence-electron chi connectivity index (χ3n) is 9.87. The van der Waals surface area contributed by atoms with Gasteiger partial charge in [0.05, 0.1) is 11.0 Å². The van der Waals surface area contributed by atoms with Crippen LogP contribution in [-0.4, -0.2) is 9.97 Å². The van der Waals surface area contributed by atoms with Crippen molar-refractivity contribution in [2.75, 3.05) is 0 Å². The van der Waals surface area contributed by atoms with Gasteiger partial charge in [-0.15, -0.1) is 0 Å². The van der Waals surface area contributed by atoms with E-state index in [1.807, 2.05) is 0 Å². The van der Waals surface area contributed by atoms with Crippen LogP contribution in [0.25, 0.3) is 87.1 Å². The topological polar surface area (TPSA) is 25.8 Å². The van der Waals surface area contributed by atoms with Gasteiger partial charge in [0, 0.05) is 22.2 Å². The highest BCUT2D eigenvalue weighted by atomic mass is 14.8. The number of benzene rings is 7. The van der Waals surface area contributed by atoms with E-state index in [0.717, 1.165) is 33.2 Å². The summed E-state index contributed by atoms with van der Waals surface area (Å²) < 4.78 is 0. The maximum atomic E-state index is 5.22. The predicted octanol–water partition coefficient (Wildman–Crippen LogP) is 12.4. The maximum Gasteiger partial charge on any atom is 0.0974 e. The summed E-state index contributed by atoms with van der Waals surface area (Å²) >= 11 is 0. The van der Waals surface area contributed by atoms with Crippen molar-refractivity contribution in [2.24, 2.45) is 0 Å². The predicted molar refractivity (Wildman–Crippen MR) is 197 cm³/mol. The SMILES string of the molecule is CC(C)c1ccc2ccc3c(-c4cccc(-c5ccc6c7cccc8cccc(c9cccc5c96)c87)c4)cc(C(C)C)nc3c2n1. The second-order valence-electron chi connectivity index (χ2n) is 13.4. The number of nitrogens with zero attached hydrogens (tertiary/aromatic N) is 2. The van der Waals surface area contributed by atoms with E-state index in [1.54, 1.807) is 0 Å². The number of hydrogen-bond acceptors (Lipinski definition) is 2. The highest BCUT2D eigenvalue weighted by Gasteiger charge is 2.18. The zero-order valence-electron chi connectivity index (χ0n) is 26.6. The molecule has 0 spiro atoms. The fourth-order valence-corrected chi connectivity index (χ4v) is 7.51. The van der Waals surface area contributed by atoms with Crippen LogP contribution in [0.3, 0.4) is 0 Å². The molecule has 0 amide bonds. The van der Waals surface area contributed by atoms with Gasteiger partial charge in [-0.25, -0.2) is 0 Å². The van der Waals surface area contributed by atoms with Crippen molar-refractivity contribution in [3.05, 3.63) is 133 Å². The normalized spacial score (nSPS) is 12.3. The Balaban J connectivity index is 1.29. The van der Waals surface area contributed by atoms with Gasteiger partial charge >= 0.3 is 0 Å². The van der Waals surface area contributed by atoms with E-state index < -0.39 is 0 Å². The van der Waals surface area contributed by atoms with E-state index in [4.69, 9.17) is 9.97 Å². The standard InChI is InChI=1S/C44H34N2/c1-25(2)39-22-18-28-17-19-37-38(24-40(26(3)4)46-44(37)43(28)45-39)30-12-5-11-29(23-30)31-20-21-36-34-14-7-10-27-9-6-13-33(41(27)34)35-16-8-15-32(31)42(35)36/h5-26H,1-4H3. The Hall–Kier alpha value is -5.34. The Labute approximate surface area is 268 Å². The minimum absolute atomic E-state index is 0.294. The van der Waals surface area contributed by atoms with Crippen LogP contribution in [0.2, 0.25) is 0 Å². The smallest absolute Gasteiger partial charge is 0.0974 e. The number of rotatable bonds is 4. The van der Waals surface area contributed by atoms with Gasteiger partial charge in [0.1, 0.15) is 0 Å². The average Bonchev–Trinajstić information content (AvgIpc) is 3.09. The van der Waals surface area contributed by atoms with E-state index in [1.165, 1.54) is 65.3 Å². The molecule has 0 radical (unpaired) electrons. The van der Waals surface area contributed by atoms with Crippen LogP contribution >= 0.6 is 0 Å². The molecule has 0 saturated heterocycles. The number of fused-ring (bicyclic) bond motifs is 5. The summed E-state index contributed by atoms with van der Waals surface area (Å²) in [7, 11) is 0. The third-order valence-corrected chi connectivity index (χ3v) is 9.87. The summed E-state index contributed by atoms with van der Waals surface area (Å²) in [4.78, 5) is 10.4. The Kier molecular flexibility index (Phi) is 5.92. The fraction of sp³-hybridized carbons (Fsp3) is 0.136. The molecule has 9 aromatic rings. The van der Waals surface area contributed by atoms with Crippen molar-refractivity contribution in [1.29, 1.82) is 0 Å². The molecule has 220 valence electrons. The average molecular weight is 591 g/mol. The van der Waals surface area contributed by atoms with Crippen LogP contribution in [0.5, 0.6) is 0 Å². The molecule has 2 nitrogen and oxygen atoms in total. The molecule has 0 N–H and O–H groups in total. The van der Waals surface area contributed by atoms with Gasteiger partial charge in [0.25, 0.3) is 0 Å². The summed E-state index contributed by atoms with van der Waals surface area (Å²) in [5.74, 6) is 0.648. The summed E-state index contributed by atoms with van der Waals surface area (Å²) in [6.45, 7) is 8.84. The first-order valence-electron chi connectivity index (χ1n) is 16.4. The number of aromatic nitrogens is 2. The van der Waals surface area contributed by atoms with E-state index in [9.17, 15) is 0 Å². The zero-order chi connectivity index (χ0) is 31.1. The molecule has 9 rings (SSSR count). The van der Waals surface area contributed by atoms with Gasteiger partial charge in [-0.1, -0.05) is 131 Å². The molecule has 0 aliphatic rings. The minimum atomic E-state index is 0.294. The van der Waals surface area contributed by atoms with E-state index >= 15 is 0 Å². The molecule has 0 saturated carbocycles. The van der Waals surface area contributed by atoms with Crippen molar-refractivity contribution in [1.82, 2.24) is 9.97 Å². The second-order valence-corrected chi connectivity index (χ2v) is 13.4. The first kappa shape index (κ1) is 27.0. The molecule has 0 atom stereocenters. The van der Waals surface area contributed by atoms with Gasteiger partial charge in [0.15, 0.2) is 0 Å². The molecule has 2 heteroatoms. The molecule has 0 aliphatic carbocycles. The van der Waals surface area contributed by atoms with Gasteiger partial charge in [-0.3, -0.25) is 9.97 Å². The largest absolute Gasteiger partial charge is 0.250 e. The molecule has 0 aliphatic heterocycles. The van der Waals surface area contributed by atoms with Crippen LogP contribution in [-0.2, 0) is 0 Å². The molecule has 7 aromatic carbocycles. The quantitative estimate of drug-likeness (QED) is 0.150. The van der Waals surface area contributed by atoms with Crippen LogP contribution < -0.4 is 0 Å². The Bertz CT molecular complexity index is 2590. The summed E-state index contributed by atoms with van der Waals surface area (Å²) in [6.07, 6.45) is 0. The minimum Gasteiger partial charge on any atom is -0.250 e. The Morgan fingerprint density at radius 3 is 1.70 bits per heavy atom. The lowest BCUT2D eigenvalue weighted by Gasteiger charge is -2.17. The van der Waals surface area contributed by atoms with E-state index in [-0.39, 0.29) is 0 Å². The molecule has 0 unspecified atom stereocenters. The molecule has 0 bridgehead atoms. The first-order valence-corrected chi connectivity index (χ1v) is 16.4. The van der Waals surface area contributed by atoms with Crippen LogP contribution in [0.1, 0.15) is 50.9 Å². The molecular weight excluding hydrogens is 556 g/mol. The third kappa shape index (κ3) is 3.96. The summed E-state index contributed by atoms with van der Waals surface area (Å²) in [5.41, 5.74) is 9.04. The van der Waals surface area contributed by atoms with Crippen molar-refractivity contribution in [3.8, 4) is 22.3 Å². The van der Waals surface area contributed by atoms with Crippen LogP contribution in [0.4, 0.5) is 0 Å². The van der Waals surface area contributed by atoms with Crippen molar-refractivity contribution in [3.63, 3.8) is 0 Å². The van der Waals surface area contributed by atoms with Gasteiger partial charge in [0.2, 0.25) is 0 Å². The lowest BCUT2D eigenvalue weighted by Crippen LogP contribution is -1.99. The first-order chi connectivity index (χ1) is 22.5. The molecule has 46 heavy (non-hydrogen) atoms. The van der Waals surface area contributed by atoms with E-state index in [2.05, 4.69) is 149 Å². The highest BCUT2D eigenvalue weighted by molar-refractivity contribution is 6.34. The maximum absolute atomic E-state index is 5.22. The number of hydrogen-bond donors (Lipinski definition) is 0. The number of pyridine rings is 2. The lowest BCUT2D eigenvalue weighted by atomic mass is 9.86. The van der Waals surface area contributed by atoms with E-state index in [0.29, 0.717) is 11.8 Å². The van der Waals surface area contributed by atoms with Crippen molar-refractivity contribution in [2.45, 2.75) is 39.5 Å². The Morgan fingerprint density at radius 1 is 0.391 bits per heavy atom. The lowest BCUT2D eigenvalue weighted by molar-refractivity contribution is 0.826. The summed E-state index contributed by atoms with van der Waals surface area (Å²) in [5, 5.41) is 12.8. The Morgan fingerprint density at radius 2 is 0.957 bits per heavy atom. The second kappa shape index (κ2) is 10.1. The van der Waals surface area contributed by atoms with Gasteiger partial charge < -0.3 is 0 Å². The molecule has 2 heterocycles. The van der Waals surface area contributed by atoms with Crippen molar-refractivity contribution < 1.29 is 0 Å². The van der Waals surface area contributed by atoms with Gasteiger partial charge in [-0.2, -0.15) is 0 Å². The van der Waals surface area contributed by atoms with Crippen LogP contribution in [0, 0.1) is 0 Å².